The molecule has 0 radical (unpaired) electrons. The first-order valence-electron chi connectivity index (χ1n) is 8.26. The summed E-state index contributed by atoms with van der Waals surface area (Å²) in [6.45, 7) is 0. The van der Waals surface area contributed by atoms with Crippen molar-refractivity contribution in [3.8, 4) is 11.5 Å². The van der Waals surface area contributed by atoms with Gasteiger partial charge in [0, 0.05) is 7.05 Å². The second kappa shape index (κ2) is 6.63. The molecular weight excluding hydrogens is 409 g/mol. The molecule has 3 aromatic rings. The number of nitrogen functional groups attached to an aromatic ring is 1. The van der Waals surface area contributed by atoms with E-state index in [0.717, 1.165) is 6.07 Å². The zero-order chi connectivity index (χ0) is 20.9. The summed E-state index contributed by atoms with van der Waals surface area (Å²) in [5.74, 6) is -0.471. The topological polar surface area (TPSA) is 85.2 Å². The molecule has 0 fully saturated rings. The first kappa shape index (κ1) is 19.0. The van der Waals surface area contributed by atoms with E-state index in [2.05, 4.69) is 9.97 Å². The smallest absolute Gasteiger partial charge is 0.416 e. The molecule has 0 spiro atoms. The minimum Gasteiger partial charge on any atom is -0.443 e. The number of nitrogens with zero attached hydrogens (tertiary/aromatic N) is 3. The number of carbonyl (C=O) groups is 1. The number of nitrogens with two attached hydrogens (primary N) is 1. The van der Waals surface area contributed by atoms with Gasteiger partial charge < -0.3 is 15.1 Å². The van der Waals surface area contributed by atoms with Crippen LogP contribution in [-0.2, 0) is 6.18 Å². The molecular formula is C19H12ClF3N4O2. The van der Waals surface area contributed by atoms with Gasteiger partial charge in [-0.05, 0) is 41.4 Å². The van der Waals surface area contributed by atoms with Gasteiger partial charge in [0.1, 0.15) is 11.4 Å². The number of anilines is 1. The molecule has 148 valence electrons. The van der Waals surface area contributed by atoms with Gasteiger partial charge in [-0.1, -0.05) is 18.2 Å². The number of furan rings is 1. The highest BCUT2D eigenvalue weighted by Crippen LogP contribution is 2.40. The van der Waals surface area contributed by atoms with Crippen LogP contribution < -0.4 is 5.73 Å². The standard InChI is InChI=1S/C19H12ClF3N4O2/c1-27-11(8-9-4-2-3-5-10(9)19(21,22)23)15-14(17(27)28)16(26-18(24)25-15)12-6-7-13(20)29-12/h2-8H,1H3,(H2,24,25,26). The van der Waals surface area contributed by atoms with Crippen molar-refractivity contribution in [2.24, 2.45) is 0 Å². The average molecular weight is 421 g/mol. The van der Waals surface area contributed by atoms with Crippen molar-refractivity contribution in [2.45, 2.75) is 6.18 Å². The summed E-state index contributed by atoms with van der Waals surface area (Å²) >= 11 is 5.81. The van der Waals surface area contributed by atoms with Gasteiger partial charge in [-0.15, -0.1) is 0 Å². The molecule has 0 bridgehead atoms. The van der Waals surface area contributed by atoms with Crippen molar-refractivity contribution in [3.05, 3.63) is 64.0 Å². The Hall–Kier alpha value is -3.33. The maximum absolute atomic E-state index is 13.4. The molecule has 2 aromatic heterocycles. The molecule has 0 saturated carbocycles. The fraction of sp³-hybridized carbons (Fsp3) is 0.105. The van der Waals surface area contributed by atoms with Crippen LogP contribution in [0.1, 0.15) is 27.2 Å². The third-order valence-corrected chi connectivity index (χ3v) is 4.62. The van der Waals surface area contributed by atoms with Crippen LogP contribution in [0.4, 0.5) is 19.1 Å². The Morgan fingerprint density at radius 1 is 1.14 bits per heavy atom. The molecule has 0 unspecified atom stereocenters. The summed E-state index contributed by atoms with van der Waals surface area (Å²) in [6, 6.07) is 8.03. The Labute approximate surface area is 167 Å². The third kappa shape index (κ3) is 3.23. The number of halogens is 4. The Balaban J connectivity index is 1.94. The van der Waals surface area contributed by atoms with E-state index in [4.69, 9.17) is 21.8 Å². The lowest BCUT2D eigenvalue weighted by Gasteiger charge is -2.14. The van der Waals surface area contributed by atoms with E-state index in [1.165, 1.54) is 48.4 Å². The number of hydrogen-bond acceptors (Lipinski definition) is 5. The minimum absolute atomic E-state index is 0.0726. The van der Waals surface area contributed by atoms with Gasteiger partial charge in [-0.25, -0.2) is 9.97 Å². The van der Waals surface area contributed by atoms with Crippen molar-refractivity contribution >= 4 is 35.2 Å². The predicted octanol–water partition coefficient (Wildman–Crippen LogP) is 4.57. The summed E-state index contributed by atoms with van der Waals surface area (Å²) < 4.78 is 45.4. The molecule has 0 saturated heterocycles. The summed E-state index contributed by atoms with van der Waals surface area (Å²) in [5, 5.41) is 0.0830. The van der Waals surface area contributed by atoms with Crippen LogP contribution in [0.2, 0.25) is 5.22 Å². The number of carbonyl (C=O) groups excluding carboxylic acids is 1. The molecule has 10 heteroatoms. The molecule has 29 heavy (non-hydrogen) atoms. The number of hydrogen-bond donors (Lipinski definition) is 1. The van der Waals surface area contributed by atoms with Gasteiger partial charge in [-0.2, -0.15) is 13.2 Å². The van der Waals surface area contributed by atoms with E-state index in [0.29, 0.717) is 0 Å². The second-order valence-corrected chi connectivity index (χ2v) is 6.61. The van der Waals surface area contributed by atoms with Gasteiger partial charge in [0.2, 0.25) is 5.95 Å². The van der Waals surface area contributed by atoms with E-state index in [1.54, 1.807) is 0 Å². The van der Waals surface area contributed by atoms with Crippen LogP contribution in [0.25, 0.3) is 23.2 Å². The van der Waals surface area contributed by atoms with Crippen molar-refractivity contribution in [1.29, 1.82) is 0 Å². The van der Waals surface area contributed by atoms with E-state index < -0.39 is 17.6 Å². The van der Waals surface area contributed by atoms with Crippen LogP contribution in [-0.4, -0.2) is 27.8 Å². The number of amides is 1. The molecule has 1 aliphatic rings. The molecule has 0 aliphatic carbocycles. The Morgan fingerprint density at radius 2 is 1.83 bits per heavy atom. The lowest BCUT2D eigenvalue weighted by Crippen LogP contribution is -2.18. The molecule has 0 atom stereocenters. The summed E-state index contributed by atoms with van der Waals surface area (Å²) in [6.07, 6.45) is -3.31. The lowest BCUT2D eigenvalue weighted by molar-refractivity contribution is -0.137. The number of benzene rings is 1. The van der Waals surface area contributed by atoms with Gasteiger partial charge in [-0.3, -0.25) is 4.79 Å². The Kier molecular flexibility index (Phi) is 4.34. The van der Waals surface area contributed by atoms with Gasteiger partial charge in [0.05, 0.1) is 16.8 Å². The summed E-state index contributed by atoms with van der Waals surface area (Å²) in [7, 11) is 1.43. The van der Waals surface area contributed by atoms with E-state index in [9.17, 15) is 18.0 Å². The Morgan fingerprint density at radius 3 is 2.48 bits per heavy atom. The first-order chi connectivity index (χ1) is 13.7. The van der Waals surface area contributed by atoms with Crippen LogP contribution in [0.15, 0.2) is 40.8 Å². The van der Waals surface area contributed by atoms with Gasteiger partial charge in [0.25, 0.3) is 5.91 Å². The zero-order valence-corrected chi connectivity index (χ0v) is 15.5. The van der Waals surface area contributed by atoms with E-state index in [-0.39, 0.29) is 45.1 Å². The van der Waals surface area contributed by atoms with Crippen molar-refractivity contribution in [2.75, 3.05) is 12.8 Å². The van der Waals surface area contributed by atoms with Crippen LogP contribution >= 0.6 is 11.6 Å². The van der Waals surface area contributed by atoms with Crippen molar-refractivity contribution < 1.29 is 22.4 Å². The van der Waals surface area contributed by atoms with E-state index in [1.807, 2.05) is 0 Å². The fourth-order valence-electron chi connectivity index (χ4n) is 3.12. The highest BCUT2D eigenvalue weighted by atomic mass is 35.5. The fourth-order valence-corrected chi connectivity index (χ4v) is 3.26. The largest absolute Gasteiger partial charge is 0.443 e. The maximum Gasteiger partial charge on any atom is 0.416 e. The van der Waals surface area contributed by atoms with Crippen LogP contribution in [0.5, 0.6) is 0 Å². The summed E-state index contributed by atoms with van der Waals surface area (Å²) in [5.41, 5.74) is 5.31. The molecule has 4 rings (SSSR count). The van der Waals surface area contributed by atoms with Gasteiger partial charge in [0.15, 0.2) is 11.0 Å². The molecule has 3 heterocycles. The number of alkyl halides is 3. The highest BCUT2D eigenvalue weighted by Gasteiger charge is 2.37. The second-order valence-electron chi connectivity index (χ2n) is 6.24. The molecule has 1 amide bonds. The number of rotatable bonds is 2. The quantitative estimate of drug-likeness (QED) is 0.656. The SMILES string of the molecule is CN1C(=O)c2c(nc(N)nc2-c2ccc(Cl)o2)C1=Cc1ccccc1C(F)(F)F. The Bertz CT molecular complexity index is 1170. The average Bonchev–Trinajstić information content (AvgIpc) is 3.18. The van der Waals surface area contributed by atoms with Gasteiger partial charge >= 0.3 is 6.18 Å². The normalized spacial score (nSPS) is 15.3. The summed E-state index contributed by atoms with van der Waals surface area (Å²) in [4.78, 5) is 22.2. The zero-order valence-electron chi connectivity index (χ0n) is 14.8. The number of fused-ring (bicyclic) bond motifs is 1. The highest BCUT2D eigenvalue weighted by molar-refractivity contribution is 6.29. The predicted molar refractivity (Wildman–Crippen MR) is 101 cm³/mol. The number of aromatic nitrogens is 2. The lowest BCUT2D eigenvalue weighted by atomic mass is 10.0. The molecule has 2 N–H and O–H groups in total. The third-order valence-electron chi connectivity index (χ3n) is 4.41. The molecule has 1 aromatic carbocycles. The first-order valence-corrected chi connectivity index (χ1v) is 8.64. The molecule has 1 aliphatic heterocycles. The van der Waals surface area contributed by atoms with Crippen molar-refractivity contribution in [3.63, 3.8) is 0 Å². The van der Waals surface area contributed by atoms with Crippen LogP contribution in [0.3, 0.4) is 0 Å². The van der Waals surface area contributed by atoms with E-state index >= 15 is 0 Å². The van der Waals surface area contributed by atoms with Crippen molar-refractivity contribution in [1.82, 2.24) is 14.9 Å². The molecule has 6 nitrogen and oxygen atoms in total. The van der Waals surface area contributed by atoms with Crippen LogP contribution in [0, 0.1) is 0 Å². The maximum atomic E-state index is 13.4. The monoisotopic (exact) mass is 420 g/mol. The minimum atomic E-state index is -4.56.